The van der Waals surface area contributed by atoms with Crippen LogP contribution in [-0.2, 0) is 0 Å². The Labute approximate surface area is 343 Å². The molecule has 0 spiro atoms. The van der Waals surface area contributed by atoms with Crippen LogP contribution < -0.4 is 5.73 Å². The molecule has 0 radical (unpaired) electrons. The summed E-state index contributed by atoms with van der Waals surface area (Å²) in [5, 5.41) is 12.4. The first-order valence-corrected chi connectivity index (χ1v) is 20.3. The van der Waals surface area contributed by atoms with E-state index in [1.165, 1.54) is 115 Å². The fourth-order valence-electron chi connectivity index (χ4n) is 9.44. The first-order valence-electron chi connectivity index (χ1n) is 20.3. The summed E-state index contributed by atoms with van der Waals surface area (Å²) in [6, 6.07) is 56.6. The van der Waals surface area contributed by atoms with Gasteiger partial charge in [-0.1, -0.05) is 115 Å². The summed E-state index contributed by atoms with van der Waals surface area (Å²) in [5.74, 6) is 0. The van der Waals surface area contributed by atoms with Crippen LogP contribution >= 0.6 is 0 Å². The summed E-state index contributed by atoms with van der Waals surface area (Å²) in [5.41, 5.74) is 21.4. The summed E-state index contributed by atoms with van der Waals surface area (Å²) >= 11 is 0. The largest absolute Gasteiger partial charge is 0.405 e. The highest BCUT2D eigenvalue weighted by Crippen LogP contribution is 2.44. The van der Waals surface area contributed by atoms with Crippen molar-refractivity contribution in [3.63, 3.8) is 0 Å². The van der Waals surface area contributed by atoms with Crippen molar-refractivity contribution in [2.45, 2.75) is 20.8 Å². The van der Waals surface area contributed by atoms with E-state index in [9.17, 15) is 0 Å². The molecule has 1 aliphatic heterocycles. The third-order valence-electron chi connectivity index (χ3n) is 12.4. The topological polar surface area (TPSA) is 43.3 Å². The molecule has 3 heteroatoms. The van der Waals surface area contributed by atoms with E-state index >= 15 is 0 Å². The molecule has 0 fully saturated rings. The molecule has 280 valence electrons. The predicted molar refractivity (Wildman–Crippen MR) is 255 cm³/mol. The first kappa shape index (κ1) is 34.7. The van der Waals surface area contributed by atoms with Gasteiger partial charge < -0.3 is 10.3 Å². The van der Waals surface area contributed by atoms with Gasteiger partial charge in [0, 0.05) is 39.5 Å². The molecule has 0 saturated heterocycles. The summed E-state index contributed by atoms with van der Waals surface area (Å²) in [7, 11) is 0. The van der Waals surface area contributed by atoms with E-state index in [4.69, 9.17) is 5.73 Å². The maximum absolute atomic E-state index is 5.78. The van der Waals surface area contributed by atoms with Gasteiger partial charge in [-0.15, -0.1) is 0 Å². The fraction of sp³-hybridized carbons (Fsp3) is 0.0536. The second kappa shape index (κ2) is 13.6. The molecule has 59 heavy (non-hydrogen) atoms. The number of rotatable bonds is 6. The molecule has 0 amide bonds. The third kappa shape index (κ3) is 5.61. The maximum atomic E-state index is 5.78. The molecule has 9 aromatic carbocycles. The highest BCUT2D eigenvalue weighted by molar-refractivity contribution is 6.22. The lowest BCUT2D eigenvalue weighted by Gasteiger charge is -2.15. The van der Waals surface area contributed by atoms with Crippen molar-refractivity contribution in [2.75, 3.05) is 0 Å². The third-order valence-corrected chi connectivity index (χ3v) is 12.4. The predicted octanol–water partition coefficient (Wildman–Crippen LogP) is 14.6. The highest BCUT2D eigenvalue weighted by atomic mass is 15.0. The molecular formula is C56H41N3. The molecule has 0 aliphatic carbocycles. The van der Waals surface area contributed by atoms with Crippen LogP contribution in [0.4, 0.5) is 0 Å². The minimum atomic E-state index is 1.11. The van der Waals surface area contributed by atoms with Crippen molar-refractivity contribution >= 4 is 82.3 Å². The van der Waals surface area contributed by atoms with E-state index in [1.807, 2.05) is 18.5 Å². The van der Waals surface area contributed by atoms with Crippen molar-refractivity contribution in [1.29, 1.82) is 0 Å². The van der Waals surface area contributed by atoms with Crippen LogP contribution in [0, 0.1) is 13.8 Å². The number of hydrogen-bond donors (Lipinski definition) is 1. The number of nitrogens with two attached hydrogens (primary N) is 1. The zero-order chi connectivity index (χ0) is 39.8. The van der Waals surface area contributed by atoms with Gasteiger partial charge in [-0.3, -0.25) is 4.99 Å². The van der Waals surface area contributed by atoms with Gasteiger partial charge in [-0.05, 0) is 158 Å². The highest BCUT2D eigenvalue weighted by Gasteiger charge is 2.21. The molecule has 10 aromatic rings. The minimum Gasteiger partial charge on any atom is -0.405 e. The number of benzene rings is 9. The Hall–Kier alpha value is -7.49. The molecule has 2 N–H and O–H groups in total. The molecule has 1 aliphatic rings. The normalized spacial score (nSPS) is 13.1. The summed E-state index contributed by atoms with van der Waals surface area (Å²) in [6.07, 6.45) is 9.53. The zero-order valence-corrected chi connectivity index (χ0v) is 33.3. The Kier molecular flexibility index (Phi) is 7.99. The van der Waals surface area contributed by atoms with Crippen LogP contribution in [0.25, 0.3) is 104 Å². The smallest absolute Gasteiger partial charge is 0.0622 e. The van der Waals surface area contributed by atoms with E-state index in [1.54, 1.807) is 6.20 Å². The van der Waals surface area contributed by atoms with Gasteiger partial charge in [0.1, 0.15) is 0 Å². The number of nitrogens with zero attached hydrogens (tertiary/aromatic N) is 2. The van der Waals surface area contributed by atoms with Gasteiger partial charge >= 0.3 is 0 Å². The summed E-state index contributed by atoms with van der Waals surface area (Å²) in [6.45, 7) is 6.61. The monoisotopic (exact) mass is 755 g/mol. The first-order chi connectivity index (χ1) is 28.9. The van der Waals surface area contributed by atoms with Crippen molar-refractivity contribution < 1.29 is 0 Å². The lowest BCUT2D eigenvalue weighted by Crippen LogP contribution is -1.97. The van der Waals surface area contributed by atoms with Crippen molar-refractivity contribution in [2.24, 2.45) is 10.7 Å². The molecule has 11 rings (SSSR count). The standard InChI is InChI=1S/C56H41N3/c1-4-36(22-23-57)40-16-12-37-13-17-41(27-46(37)26-40)42-20-21-51-48(30-42)25-35(3)55-54-34(2)24-45(43-18-14-38-15-19-44(29-47(38)28-43)49-32-58-33-49)31-53(54)59(56(51)55)52-11-7-9-39-8-5-6-10-50(39)52/h4-33H,57H2,1-3H3/b23-22-,36-4+. The van der Waals surface area contributed by atoms with Crippen molar-refractivity contribution in [3.05, 3.63) is 198 Å². The molecule has 0 bridgehead atoms. The second-order valence-electron chi connectivity index (χ2n) is 15.9. The van der Waals surface area contributed by atoms with Gasteiger partial charge in [0.15, 0.2) is 0 Å². The number of fused-ring (bicyclic) bond motifs is 8. The number of hydrogen-bond acceptors (Lipinski definition) is 2. The van der Waals surface area contributed by atoms with Crippen LogP contribution in [0.5, 0.6) is 0 Å². The van der Waals surface area contributed by atoms with Gasteiger partial charge in [0.05, 0.1) is 16.7 Å². The maximum Gasteiger partial charge on any atom is 0.0622 e. The molecule has 1 aromatic heterocycles. The Balaban J connectivity index is 1.14. The van der Waals surface area contributed by atoms with Crippen LogP contribution in [0.15, 0.2) is 181 Å². The fourth-order valence-corrected chi connectivity index (χ4v) is 9.44. The van der Waals surface area contributed by atoms with E-state index in [0.29, 0.717) is 0 Å². The zero-order valence-electron chi connectivity index (χ0n) is 33.3. The average molecular weight is 756 g/mol. The number of aryl methyl sites for hydroxylation is 2. The average Bonchev–Trinajstić information content (AvgIpc) is 3.60. The quantitative estimate of drug-likeness (QED) is 0.169. The Morgan fingerprint density at radius 2 is 1.19 bits per heavy atom. The van der Waals surface area contributed by atoms with Crippen LogP contribution in [0.3, 0.4) is 0 Å². The van der Waals surface area contributed by atoms with E-state index in [2.05, 4.69) is 188 Å². The lowest BCUT2D eigenvalue weighted by atomic mass is 9.93. The molecule has 0 saturated carbocycles. The second-order valence-corrected chi connectivity index (χ2v) is 15.9. The molecular weight excluding hydrogens is 715 g/mol. The molecule has 0 atom stereocenters. The van der Waals surface area contributed by atoms with Gasteiger partial charge in [0.25, 0.3) is 0 Å². The lowest BCUT2D eigenvalue weighted by molar-refractivity contribution is 1.20. The van der Waals surface area contributed by atoms with Crippen LogP contribution in [0.2, 0.25) is 0 Å². The molecule has 2 heterocycles. The van der Waals surface area contributed by atoms with E-state index in [0.717, 1.165) is 11.1 Å². The van der Waals surface area contributed by atoms with Crippen molar-refractivity contribution in [3.8, 4) is 27.9 Å². The molecule has 3 nitrogen and oxygen atoms in total. The summed E-state index contributed by atoms with van der Waals surface area (Å²) < 4.78 is 2.55. The Bertz CT molecular complexity index is 3530. The number of aliphatic imine (C=N–C) groups is 1. The van der Waals surface area contributed by atoms with E-state index < -0.39 is 0 Å². The van der Waals surface area contributed by atoms with Crippen molar-refractivity contribution in [1.82, 2.24) is 4.57 Å². The Morgan fingerprint density at radius 1 is 0.542 bits per heavy atom. The number of aromatic nitrogens is 1. The minimum absolute atomic E-state index is 1.11. The van der Waals surface area contributed by atoms with Crippen LogP contribution in [0.1, 0.15) is 29.2 Å². The van der Waals surface area contributed by atoms with E-state index in [-0.39, 0.29) is 0 Å². The van der Waals surface area contributed by atoms with Gasteiger partial charge in [-0.2, -0.15) is 0 Å². The summed E-state index contributed by atoms with van der Waals surface area (Å²) in [4.78, 5) is 4.20. The number of allylic oxidation sites excluding steroid dienone is 4. The van der Waals surface area contributed by atoms with Crippen LogP contribution in [-0.4, -0.2) is 10.8 Å². The Morgan fingerprint density at radius 3 is 1.93 bits per heavy atom. The molecule has 0 unspecified atom stereocenters. The van der Waals surface area contributed by atoms with Gasteiger partial charge in [-0.25, -0.2) is 0 Å². The SMILES string of the molecule is C/C=C(\C=C/N)c1ccc2ccc(-c3ccc4c(c3)cc(C)c3c5c(C)cc(-c6ccc7ccc(C8=CN=C8)cc7c6)cc5n(-c5cccc6ccccc56)c43)cc2c1. The van der Waals surface area contributed by atoms with Gasteiger partial charge in [0.2, 0.25) is 0 Å².